The number of oxazole rings is 1. The van der Waals surface area contributed by atoms with Crippen molar-refractivity contribution in [3.63, 3.8) is 0 Å². The largest absolute Gasteiger partial charge is 0.448 e. The summed E-state index contributed by atoms with van der Waals surface area (Å²) < 4.78 is 5.53. The molecule has 1 aliphatic carbocycles. The number of nitrogens with one attached hydrogen (secondary N) is 3. The Kier molecular flexibility index (Phi) is 7.22. The topological polar surface area (TPSA) is 119 Å². The van der Waals surface area contributed by atoms with Crippen molar-refractivity contribution in [2.45, 2.75) is 32.1 Å². The highest BCUT2D eigenvalue weighted by atomic mass is 16.3. The third-order valence-corrected chi connectivity index (χ3v) is 7.49. The first-order chi connectivity index (χ1) is 19.5. The number of carbonyl (C=O) groups excluding carboxylic acids is 2. The third-order valence-electron chi connectivity index (χ3n) is 7.49. The number of benzene rings is 2. The minimum atomic E-state index is -0.355. The number of aromatic nitrogens is 3. The van der Waals surface area contributed by atoms with Crippen LogP contribution in [-0.4, -0.2) is 59.5 Å². The van der Waals surface area contributed by atoms with Gasteiger partial charge in [-0.3, -0.25) is 9.59 Å². The SMILES string of the molecule is Cc1ccccc1N1CCN(c2ccc(C(=O)NCCc3c[nH]cn3)cc2NC(=O)c2coc(C3CC3)n2)CC1. The number of H-pyrrole nitrogens is 1. The summed E-state index contributed by atoms with van der Waals surface area (Å²) in [6, 6.07) is 13.9. The molecule has 0 spiro atoms. The zero-order chi connectivity index (χ0) is 27.5. The summed E-state index contributed by atoms with van der Waals surface area (Å²) in [6.07, 6.45) is 7.54. The molecule has 6 rings (SSSR count). The summed E-state index contributed by atoms with van der Waals surface area (Å²) in [6.45, 7) is 5.84. The lowest BCUT2D eigenvalue weighted by Gasteiger charge is -2.38. The summed E-state index contributed by atoms with van der Waals surface area (Å²) in [7, 11) is 0. The highest BCUT2D eigenvalue weighted by molar-refractivity contribution is 6.06. The number of hydrogen-bond acceptors (Lipinski definition) is 7. The first-order valence-corrected chi connectivity index (χ1v) is 13.8. The van der Waals surface area contributed by atoms with Gasteiger partial charge in [0.15, 0.2) is 11.6 Å². The molecule has 206 valence electrons. The Hall–Kier alpha value is -4.60. The van der Waals surface area contributed by atoms with Crippen molar-refractivity contribution in [3.8, 4) is 0 Å². The fraction of sp³-hybridized carbons (Fsp3) is 0.333. The number of piperazine rings is 1. The predicted molar refractivity (Wildman–Crippen MR) is 153 cm³/mol. The molecule has 2 aromatic heterocycles. The number of nitrogens with zero attached hydrogens (tertiary/aromatic N) is 4. The minimum absolute atomic E-state index is 0.209. The van der Waals surface area contributed by atoms with Gasteiger partial charge in [-0.05, 0) is 49.6 Å². The number of imidazole rings is 1. The van der Waals surface area contributed by atoms with Gasteiger partial charge in [-0.25, -0.2) is 9.97 Å². The van der Waals surface area contributed by atoms with Crippen LogP contribution in [0.15, 0.2) is 65.7 Å². The van der Waals surface area contributed by atoms with Crippen LogP contribution in [-0.2, 0) is 6.42 Å². The van der Waals surface area contributed by atoms with Crippen molar-refractivity contribution in [1.29, 1.82) is 0 Å². The summed E-state index contributed by atoms with van der Waals surface area (Å²) in [5.41, 5.74) is 5.54. The minimum Gasteiger partial charge on any atom is -0.448 e. The first-order valence-electron chi connectivity index (χ1n) is 13.8. The molecule has 0 radical (unpaired) electrons. The molecule has 0 unspecified atom stereocenters. The van der Waals surface area contributed by atoms with E-state index >= 15 is 0 Å². The van der Waals surface area contributed by atoms with Gasteiger partial charge < -0.3 is 29.8 Å². The molecule has 2 amide bonds. The van der Waals surface area contributed by atoms with E-state index in [0.29, 0.717) is 36.0 Å². The molecule has 10 heteroatoms. The van der Waals surface area contributed by atoms with E-state index in [4.69, 9.17) is 4.42 Å². The van der Waals surface area contributed by atoms with Gasteiger partial charge in [0, 0.05) is 62.5 Å². The number of hydrogen-bond donors (Lipinski definition) is 3. The van der Waals surface area contributed by atoms with Crippen LogP contribution in [0.5, 0.6) is 0 Å². The van der Waals surface area contributed by atoms with Crippen LogP contribution in [0, 0.1) is 6.92 Å². The third kappa shape index (κ3) is 5.70. The van der Waals surface area contributed by atoms with E-state index in [-0.39, 0.29) is 17.5 Å². The van der Waals surface area contributed by atoms with Crippen molar-refractivity contribution < 1.29 is 14.0 Å². The van der Waals surface area contributed by atoms with Gasteiger partial charge in [-0.15, -0.1) is 0 Å². The normalized spacial score (nSPS) is 15.2. The molecule has 3 N–H and O–H groups in total. The standard InChI is InChI=1S/C30H33N7O3/c1-20-4-2-3-5-26(20)36-12-14-37(15-13-36)27-9-8-22(28(38)32-11-10-23-17-31-19-33-23)16-24(27)34-29(39)25-18-40-30(35-25)21-6-7-21/h2-5,8-9,16-19,21H,6-7,10-15H2,1H3,(H,31,33)(H,32,38)(H,34,39). The van der Waals surface area contributed by atoms with Crippen molar-refractivity contribution in [3.05, 3.63) is 89.7 Å². The molecule has 2 aromatic carbocycles. The Morgan fingerprint density at radius 1 is 1.02 bits per heavy atom. The fourth-order valence-electron chi connectivity index (χ4n) is 5.09. The van der Waals surface area contributed by atoms with Crippen molar-refractivity contribution >= 4 is 28.9 Å². The number of anilines is 3. The number of carbonyl (C=O) groups is 2. The van der Waals surface area contributed by atoms with Crippen LogP contribution in [0.3, 0.4) is 0 Å². The number of aryl methyl sites for hydroxylation is 1. The maximum absolute atomic E-state index is 13.2. The second kappa shape index (κ2) is 11.3. The van der Waals surface area contributed by atoms with Crippen molar-refractivity contribution in [1.82, 2.24) is 20.3 Å². The molecule has 2 fully saturated rings. The van der Waals surface area contributed by atoms with Crippen molar-refractivity contribution in [2.75, 3.05) is 47.8 Å². The Balaban J connectivity index is 1.19. The Morgan fingerprint density at radius 3 is 2.52 bits per heavy atom. The molecule has 1 saturated heterocycles. The first kappa shape index (κ1) is 25.7. The second-order valence-electron chi connectivity index (χ2n) is 10.4. The molecule has 4 aromatic rings. The van der Waals surface area contributed by atoms with Crippen LogP contribution in [0.25, 0.3) is 0 Å². The molecule has 2 aliphatic rings. The molecular formula is C30H33N7O3. The van der Waals surface area contributed by atoms with E-state index in [1.165, 1.54) is 17.5 Å². The maximum Gasteiger partial charge on any atom is 0.277 e. The molecule has 1 aliphatic heterocycles. The van der Waals surface area contributed by atoms with Crippen LogP contribution in [0.2, 0.25) is 0 Å². The van der Waals surface area contributed by atoms with Gasteiger partial charge in [0.2, 0.25) is 0 Å². The van der Waals surface area contributed by atoms with Crippen LogP contribution in [0.1, 0.15) is 56.8 Å². The van der Waals surface area contributed by atoms with Gasteiger partial charge in [-0.2, -0.15) is 0 Å². The quantitative estimate of drug-likeness (QED) is 0.293. The second-order valence-corrected chi connectivity index (χ2v) is 10.4. The Bertz CT molecular complexity index is 1480. The number of para-hydroxylation sites is 1. The molecule has 10 nitrogen and oxygen atoms in total. The molecule has 0 atom stereocenters. The average Bonchev–Trinajstić information content (AvgIpc) is 3.46. The maximum atomic E-state index is 13.2. The summed E-state index contributed by atoms with van der Waals surface area (Å²) in [5, 5.41) is 5.96. The summed E-state index contributed by atoms with van der Waals surface area (Å²) in [5.74, 6) is 0.365. The average molecular weight is 540 g/mol. The lowest BCUT2D eigenvalue weighted by atomic mass is 10.1. The van der Waals surface area contributed by atoms with E-state index in [0.717, 1.165) is 50.4 Å². The highest BCUT2D eigenvalue weighted by Crippen LogP contribution is 2.39. The smallest absolute Gasteiger partial charge is 0.277 e. The molecular weight excluding hydrogens is 506 g/mol. The van der Waals surface area contributed by atoms with E-state index in [1.54, 1.807) is 12.4 Å². The zero-order valence-electron chi connectivity index (χ0n) is 22.5. The summed E-state index contributed by atoms with van der Waals surface area (Å²) >= 11 is 0. The predicted octanol–water partition coefficient (Wildman–Crippen LogP) is 4.13. The fourth-order valence-corrected chi connectivity index (χ4v) is 5.09. The summed E-state index contributed by atoms with van der Waals surface area (Å²) in [4.78, 5) is 42.3. The van der Waals surface area contributed by atoms with Crippen LogP contribution >= 0.6 is 0 Å². The highest BCUT2D eigenvalue weighted by Gasteiger charge is 2.30. The zero-order valence-corrected chi connectivity index (χ0v) is 22.5. The molecule has 1 saturated carbocycles. The van der Waals surface area contributed by atoms with Gasteiger partial charge >= 0.3 is 0 Å². The molecule has 40 heavy (non-hydrogen) atoms. The van der Waals surface area contributed by atoms with Crippen LogP contribution in [0.4, 0.5) is 17.1 Å². The number of rotatable bonds is 9. The van der Waals surface area contributed by atoms with Gasteiger partial charge in [-0.1, -0.05) is 18.2 Å². The van der Waals surface area contributed by atoms with Crippen LogP contribution < -0.4 is 20.4 Å². The van der Waals surface area contributed by atoms with E-state index in [1.807, 2.05) is 18.3 Å². The number of amides is 2. The Labute approximate surface area is 232 Å². The van der Waals surface area contributed by atoms with Gasteiger partial charge in [0.25, 0.3) is 11.8 Å². The number of aromatic amines is 1. The lowest BCUT2D eigenvalue weighted by Crippen LogP contribution is -2.47. The van der Waals surface area contributed by atoms with E-state index in [9.17, 15) is 9.59 Å². The lowest BCUT2D eigenvalue weighted by molar-refractivity contribution is 0.0952. The van der Waals surface area contributed by atoms with Crippen molar-refractivity contribution in [2.24, 2.45) is 0 Å². The molecule has 3 heterocycles. The monoisotopic (exact) mass is 539 g/mol. The Morgan fingerprint density at radius 2 is 1.80 bits per heavy atom. The van der Waals surface area contributed by atoms with E-state index < -0.39 is 0 Å². The van der Waals surface area contributed by atoms with E-state index in [2.05, 4.69) is 66.6 Å². The molecule has 0 bridgehead atoms. The van der Waals surface area contributed by atoms with Gasteiger partial charge in [0.1, 0.15) is 6.26 Å². The van der Waals surface area contributed by atoms with Gasteiger partial charge in [0.05, 0.1) is 23.4 Å².